The third-order valence-corrected chi connectivity index (χ3v) is 4.39. The summed E-state index contributed by atoms with van der Waals surface area (Å²) < 4.78 is 26.1. The van der Waals surface area contributed by atoms with Crippen molar-refractivity contribution in [3.05, 3.63) is 65.7 Å². The van der Waals surface area contributed by atoms with Gasteiger partial charge in [-0.2, -0.15) is 0 Å². The minimum Gasteiger partial charge on any atom is -0.327 e. The molecule has 0 saturated carbocycles. The molecule has 1 heterocycles. The lowest BCUT2D eigenvalue weighted by molar-refractivity contribution is -0.895. The molecule has 0 aliphatic carbocycles. The van der Waals surface area contributed by atoms with Crippen LogP contribution < -0.4 is 10.2 Å². The molecule has 5 nitrogen and oxygen atoms in total. The van der Waals surface area contributed by atoms with Crippen LogP contribution in [0.25, 0.3) is 0 Å². The number of nitrogens with one attached hydrogen (secondary N) is 2. The molecule has 26 heavy (non-hydrogen) atoms. The Morgan fingerprint density at radius 1 is 1.00 bits per heavy atom. The average Bonchev–Trinajstić information content (AvgIpc) is 2.65. The van der Waals surface area contributed by atoms with Gasteiger partial charge >= 0.3 is 0 Å². The molecule has 0 radical (unpaired) electrons. The lowest BCUT2D eigenvalue weighted by atomic mass is 10.2. The zero-order valence-corrected chi connectivity index (χ0v) is 14.2. The Kier molecular flexibility index (Phi) is 5.58. The predicted octanol–water partition coefficient (Wildman–Crippen LogP) is 0.944. The van der Waals surface area contributed by atoms with Crippen molar-refractivity contribution < 1.29 is 23.3 Å². The highest BCUT2D eigenvalue weighted by Gasteiger charge is 2.25. The highest BCUT2D eigenvalue weighted by molar-refractivity contribution is 5.94. The fraction of sp³-hybridized carbons (Fsp3) is 0.263. The van der Waals surface area contributed by atoms with Crippen LogP contribution in [0.1, 0.15) is 10.4 Å². The highest BCUT2D eigenvalue weighted by Crippen LogP contribution is 2.12. The quantitative estimate of drug-likeness (QED) is 0.853. The van der Waals surface area contributed by atoms with E-state index in [1.165, 1.54) is 6.07 Å². The van der Waals surface area contributed by atoms with Crippen molar-refractivity contribution in [1.82, 2.24) is 4.90 Å². The third-order valence-electron chi connectivity index (χ3n) is 4.39. The number of benzene rings is 2. The van der Waals surface area contributed by atoms with Gasteiger partial charge in [-0.05, 0) is 24.3 Å². The Hall–Kier alpha value is -2.80. The molecule has 1 aliphatic rings. The number of hydrogen-bond donors (Lipinski definition) is 2. The molecule has 0 atom stereocenters. The first-order chi connectivity index (χ1) is 12.5. The summed E-state index contributed by atoms with van der Waals surface area (Å²) in [5.41, 5.74) is 0.887. The Morgan fingerprint density at radius 3 is 2.35 bits per heavy atom. The van der Waals surface area contributed by atoms with E-state index >= 15 is 0 Å². The van der Waals surface area contributed by atoms with Crippen LogP contribution in [0.5, 0.6) is 0 Å². The number of hydrogen-bond acceptors (Lipinski definition) is 2. The first-order valence-corrected chi connectivity index (χ1v) is 8.46. The molecule has 2 N–H and O–H groups in total. The van der Waals surface area contributed by atoms with Crippen molar-refractivity contribution in [3.8, 4) is 0 Å². The normalized spacial score (nSPS) is 14.9. The number of quaternary nitrogens is 1. The molecule has 1 aliphatic heterocycles. The van der Waals surface area contributed by atoms with E-state index in [1.807, 2.05) is 18.2 Å². The van der Waals surface area contributed by atoms with Crippen LogP contribution in [-0.2, 0) is 4.79 Å². The Bertz CT molecular complexity index is 791. The number of piperazine rings is 1. The van der Waals surface area contributed by atoms with E-state index in [0.717, 1.165) is 17.0 Å². The van der Waals surface area contributed by atoms with Gasteiger partial charge in [0.25, 0.3) is 11.8 Å². The van der Waals surface area contributed by atoms with Gasteiger partial charge in [0, 0.05) is 17.3 Å². The molecule has 2 aromatic rings. The predicted molar refractivity (Wildman–Crippen MR) is 92.9 cm³/mol. The second-order valence-corrected chi connectivity index (χ2v) is 6.26. The average molecular weight is 360 g/mol. The first kappa shape index (κ1) is 18.0. The van der Waals surface area contributed by atoms with Crippen molar-refractivity contribution in [2.45, 2.75) is 0 Å². The minimum atomic E-state index is -0.997. The number of rotatable bonds is 4. The zero-order valence-electron chi connectivity index (χ0n) is 14.2. The number of anilines is 1. The maximum absolute atomic E-state index is 13.2. The van der Waals surface area contributed by atoms with Gasteiger partial charge in [-0.3, -0.25) is 9.59 Å². The Morgan fingerprint density at radius 2 is 1.69 bits per heavy atom. The molecule has 1 saturated heterocycles. The van der Waals surface area contributed by atoms with E-state index in [4.69, 9.17) is 0 Å². The van der Waals surface area contributed by atoms with Crippen molar-refractivity contribution in [3.63, 3.8) is 0 Å². The Labute approximate surface area is 150 Å². The topological polar surface area (TPSA) is 53.9 Å². The van der Waals surface area contributed by atoms with E-state index in [9.17, 15) is 18.4 Å². The van der Waals surface area contributed by atoms with Crippen LogP contribution in [-0.4, -0.2) is 49.4 Å². The largest absolute Gasteiger partial charge is 0.327 e. The SMILES string of the molecule is O=C(C[NH+]1CCN(C(=O)c2ccccc2)CC1)Nc1ccc(F)c(F)c1. The fourth-order valence-electron chi connectivity index (χ4n) is 2.97. The molecule has 136 valence electrons. The lowest BCUT2D eigenvalue weighted by Crippen LogP contribution is -3.15. The van der Waals surface area contributed by atoms with Gasteiger partial charge in [-0.25, -0.2) is 8.78 Å². The molecule has 0 aromatic heterocycles. The van der Waals surface area contributed by atoms with Crippen molar-refractivity contribution >= 4 is 17.5 Å². The molecule has 0 spiro atoms. The zero-order chi connectivity index (χ0) is 18.5. The standard InChI is InChI=1S/C19H19F2N3O2/c20-16-7-6-15(12-17(16)21)22-18(25)13-23-8-10-24(11-9-23)19(26)14-4-2-1-3-5-14/h1-7,12H,8-11,13H2,(H,22,25)/p+1. The number of amides is 2. The van der Waals surface area contributed by atoms with Crippen molar-refractivity contribution in [1.29, 1.82) is 0 Å². The summed E-state index contributed by atoms with van der Waals surface area (Å²) in [6, 6.07) is 12.4. The van der Waals surface area contributed by atoms with Crippen molar-refractivity contribution in [2.75, 3.05) is 38.0 Å². The van der Waals surface area contributed by atoms with E-state index in [-0.39, 0.29) is 24.0 Å². The monoisotopic (exact) mass is 360 g/mol. The van der Waals surface area contributed by atoms with E-state index in [1.54, 1.807) is 17.0 Å². The minimum absolute atomic E-state index is 0.00381. The summed E-state index contributed by atoms with van der Waals surface area (Å²) in [5.74, 6) is -2.22. The van der Waals surface area contributed by atoms with Gasteiger partial charge in [-0.1, -0.05) is 18.2 Å². The number of nitrogens with zero attached hydrogens (tertiary/aromatic N) is 1. The first-order valence-electron chi connectivity index (χ1n) is 8.46. The third kappa shape index (κ3) is 4.43. The number of carbonyl (C=O) groups excluding carboxylic acids is 2. The summed E-state index contributed by atoms with van der Waals surface area (Å²) in [6.07, 6.45) is 0. The fourth-order valence-corrected chi connectivity index (χ4v) is 2.97. The maximum atomic E-state index is 13.2. The van der Waals surface area contributed by atoms with Crippen LogP contribution in [0.2, 0.25) is 0 Å². The lowest BCUT2D eigenvalue weighted by Gasteiger charge is -2.32. The molecule has 2 aromatic carbocycles. The molecule has 0 unspecified atom stereocenters. The summed E-state index contributed by atoms with van der Waals surface area (Å²) in [7, 11) is 0. The van der Waals surface area contributed by atoms with Gasteiger partial charge < -0.3 is 15.1 Å². The van der Waals surface area contributed by atoms with E-state index in [2.05, 4.69) is 5.32 Å². The molecular formula is C19H20F2N3O2+. The van der Waals surface area contributed by atoms with Gasteiger partial charge in [0.05, 0.1) is 26.2 Å². The van der Waals surface area contributed by atoms with Crippen LogP contribution in [0.15, 0.2) is 48.5 Å². The van der Waals surface area contributed by atoms with Crippen LogP contribution in [0.3, 0.4) is 0 Å². The van der Waals surface area contributed by atoms with Crippen molar-refractivity contribution in [2.24, 2.45) is 0 Å². The maximum Gasteiger partial charge on any atom is 0.279 e. The summed E-state index contributed by atoms with van der Waals surface area (Å²) >= 11 is 0. The van der Waals surface area contributed by atoms with Gasteiger partial charge in [0.2, 0.25) is 0 Å². The van der Waals surface area contributed by atoms with Crippen LogP contribution in [0.4, 0.5) is 14.5 Å². The molecule has 1 fully saturated rings. The second-order valence-electron chi connectivity index (χ2n) is 6.26. The Balaban J connectivity index is 1.48. The molecule has 3 rings (SSSR count). The second kappa shape index (κ2) is 8.05. The molecular weight excluding hydrogens is 340 g/mol. The molecule has 2 amide bonds. The van der Waals surface area contributed by atoms with E-state index in [0.29, 0.717) is 31.7 Å². The summed E-state index contributed by atoms with van der Waals surface area (Å²) in [5, 5.41) is 2.57. The van der Waals surface area contributed by atoms with Crippen LogP contribution >= 0.6 is 0 Å². The van der Waals surface area contributed by atoms with Gasteiger partial charge in [0.15, 0.2) is 18.2 Å². The molecule has 0 bridgehead atoms. The summed E-state index contributed by atoms with van der Waals surface area (Å²) in [4.78, 5) is 27.3. The summed E-state index contributed by atoms with van der Waals surface area (Å²) in [6.45, 7) is 2.67. The van der Waals surface area contributed by atoms with Crippen LogP contribution in [0, 0.1) is 11.6 Å². The highest BCUT2D eigenvalue weighted by atomic mass is 19.2. The molecule has 7 heteroatoms. The van der Waals surface area contributed by atoms with E-state index < -0.39 is 11.6 Å². The smallest absolute Gasteiger partial charge is 0.279 e. The van der Waals surface area contributed by atoms with Gasteiger partial charge in [-0.15, -0.1) is 0 Å². The number of carbonyl (C=O) groups is 2. The van der Waals surface area contributed by atoms with Gasteiger partial charge in [0.1, 0.15) is 0 Å². The number of halogens is 2.